The molecule has 2 aromatic heterocycles. The maximum absolute atomic E-state index is 14.7. The fourth-order valence-electron chi connectivity index (χ4n) is 5.25. The molecule has 11 heteroatoms. The maximum Gasteiger partial charge on any atom is 0.320 e. The molecule has 5 rings (SSSR count). The van der Waals surface area contributed by atoms with E-state index in [2.05, 4.69) is 15.3 Å². The number of aliphatic hydroxyl groups is 2. The van der Waals surface area contributed by atoms with Crippen LogP contribution in [0, 0.1) is 5.82 Å². The van der Waals surface area contributed by atoms with Crippen LogP contribution in [0.4, 0.5) is 23.7 Å². The van der Waals surface area contributed by atoms with Crippen molar-refractivity contribution < 1.29 is 28.2 Å². The number of benzene rings is 1. The summed E-state index contributed by atoms with van der Waals surface area (Å²) in [7, 11) is 0. The summed E-state index contributed by atoms with van der Waals surface area (Å²) in [5.41, 5.74) is -0.207. The van der Waals surface area contributed by atoms with Crippen molar-refractivity contribution in [2.45, 2.75) is 50.4 Å². The first-order valence-corrected chi connectivity index (χ1v) is 12.7. The second-order valence-corrected chi connectivity index (χ2v) is 10.1. The van der Waals surface area contributed by atoms with Gasteiger partial charge >= 0.3 is 6.03 Å². The van der Waals surface area contributed by atoms with Gasteiger partial charge in [0.1, 0.15) is 11.4 Å². The summed E-state index contributed by atoms with van der Waals surface area (Å²) < 4.78 is 41.1. The van der Waals surface area contributed by atoms with Gasteiger partial charge in [-0.15, -0.1) is 0 Å². The Morgan fingerprint density at radius 3 is 2.55 bits per heavy atom. The molecular formula is C27H30F3N5O3. The topological polar surface area (TPSA) is 102 Å². The van der Waals surface area contributed by atoms with Crippen LogP contribution in [0.15, 0.2) is 42.7 Å². The lowest BCUT2D eigenvalue weighted by Gasteiger charge is -2.39. The van der Waals surface area contributed by atoms with Crippen molar-refractivity contribution in [3.05, 3.63) is 65.4 Å². The van der Waals surface area contributed by atoms with E-state index in [0.29, 0.717) is 67.7 Å². The predicted molar refractivity (Wildman–Crippen MR) is 135 cm³/mol. The van der Waals surface area contributed by atoms with Crippen LogP contribution in [-0.2, 0) is 5.60 Å². The third-order valence-electron chi connectivity index (χ3n) is 7.53. The minimum Gasteiger partial charge on any atom is -0.391 e. The van der Waals surface area contributed by atoms with Crippen LogP contribution in [0.25, 0.3) is 10.9 Å². The highest BCUT2D eigenvalue weighted by atomic mass is 19.3. The summed E-state index contributed by atoms with van der Waals surface area (Å²) in [6, 6.07) is 6.62. The number of rotatable bonds is 5. The summed E-state index contributed by atoms with van der Waals surface area (Å²) in [4.78, 5) is 24.9. The molecule has 2 aliphatic heterocycles. The number of fused-ring (bicyclic) bond motifs is 1. The number of halogens is 3. The number of hydrogen-bond acceptors (Lipinski definition) is 6. The normalized spacial score (nSPS) is 20.2. The minimum absolute atomic E-state index is 0.114. The van der Waals surface area contributed by atoms with E-state index in [1.807, 2.05) is 0 Å². The zero-order chi connectivity index (χ0) is 27.0. The van der Waals surface area contributed by atoms with Gasteiger partial charge in [0.2, 0.25) is 0 Å². The van der Waals surface area contributed by atoms with Crippen molar-refractivity contribution in [3.8, 4) is 0 Å². The fourth-order valence-corrected chi connectivity index (χ4v) is 5.25. The number of amides is 2. The lowest BCUT2D eigenvalue weighted by molar-refractivity contribution is -0.0229. The number of carbonyl (C=O) groups excluding carboxylic acids is 1. The molecule has 1 aromatic carbocycles. The smallest absolute Gasteiger partial charge is 0.320 e. The summed E-state index contributed by atoms with van der Waals surface area (Å²) >= 11 is 0. The van der Waals surface area contributed by atoms with Gasteiger partial charge in [0.15, 0.2) is 0 Å². The largest absolute Gasteiger partial charge is 0.391 e. The number of nitrogens with zero attached hydrogens (tertiary/aromatic N) is 4. The van der Waals surface area contributed by atoms with E-state index in [-0.39, 0.29) is 11.6 Å². The Bertz CT molecular complexity index is 1330. The van der Waals surface area contributed by atoms with Crippen LogP contribution in [0.3, 0.4) is 0 Å². The number of carbonyl (C=O) groups is 1. The Hall–Kier alpha value is -3.44. The minimum atomic E-state index is -2.91. The first-order chi connectivity index (χ1) is 18.2. The molecule has 0 spiro atoms. The molecule has 0 bridgehead atoms. The number of nitrogens with one attached hydrogen (secondary N) is 1. The Balaban J connectivity index is 1.35. The van der Waals surface area contributed by atoms with E-state index >= 15 is 0 Å². The van der Waals surface area contributed by atoms with Gasteiger partial charge in [-0.2, -0.15) is 0 Å². The third-order valence-corrected chi connectivity index (χ3v) is 7.53. The van der Waals surface area contributed by atoms with E-state index in [0.717, 1.165) is 6.07 Å². The first-order valence-electron chi connectivity index (χ1n) is 12.7. The van der Waals surface area contributed by atoms with Crippen LogP contribution in [0.5, 0.6) is 0 Å². The lowest BCUT2D eigenvalue weighted by Crippen LogP contribution is -2.50. The van der Waals surface area contributed by atoms with Crippen LogP contribution in [0.2, 0.25) is 0 Å². The van der Waals surface area contributed by atoms with Crippen LogP contribution >= 0.6 is 0 Å². The molecule has 3 N–H and O–H groups in total. The molecule has 38 heavy (non-hydrogen) atoms. The molecule has 4 heterocycles. The van der Waals surface area contributed by atoms with E-state index in [1.165, 1.54) is 12.1 Å². The van der Waals surface area contributed by atoms with Crippen LogP contribution in [0.1, 0.15) is 55.5 Å². The molecule has 8 nitrogen and oxygen atoms in total. The Morgan fingerprint density at radius 2 is 1.87 bits per heavy atom. The van der Waals surface area contributed by atoms with Gasteiger partial charge in [0, 0.05) is 49.0 Å². The molecular weight excluding hydrogens is 499 g/mol. The van der Waals surface area contributed by atoms with Gasteiger partial charge in [0.05, 0.1) is 35.1 Å². The van der Waals surface area contributed by atoms with Crippen LogP contribution < -0.4 is 5.32 Å². The molecule has 0 unspecified atom stereocenters. The Kier molecular flexibility index (Phi) is 7.15. The number of urea groups is 1. The standard InChI is InChI=1S/C27H30F3N5O3/c1-16(18-3-2-4-19(24(18)28)25(29)30)33-21-5-9-31-22-14-32-23(13-20(21)22)27(38)7-11-34(12-8-27)26(37)35-10-6-17(36)15-35/h2-5,9,13-14,16-17,25,36,38H,6-8,10-12,15H2,1H3,(H,31,33)/t16-,17-/m1/s1. The molecule has 3 aromatic rings. The molecule has 2 amide bonds. The van der Waals surface area contributed by atoms with Gasteiger partial charge < -0.3 is 25.3 Å². The van der Waals surface area contributed by atoms with Crippen molar-refractivity contribution in [3.63, 3.8) is 0 Å². The second kappa shape index (κ2) is 10.4. The molecule has 0 saturated carbocycles. The quantitative estimate of drug-likeness (QED) is 0.454. The van der Waals surface area contributed by atoms with E-state index in [1.54, 1.807) is 41.2 Å². The number of pyridine rings is 2. The molecule has 0 aliphatic carbocycles. The van der Waals surface area contributed by atoms with Crippen molar-refractivity contribution in [2.75, 3.05) is 31.5 Å². The Morgan fingerprint density at radius 1 is 1.13 bits per heavy atom. The van der Waals surface area contributed by atoms with Gasteiger partial charge in [-0.05, 0) is 38.3 Å². The molecule has 2 aliphatic rings. The second-order valence-electron chi connectivity index (χ2n) is 10.1. The van der Waals surface area contributed by atoms with Gasteiger partial charge in [-0.25, -0.2) is 18.0 Å². The van der Waals surface area contributed by atoms with Crippen molar-refractivity contribution in [1.29, 1.82) is 0 Å². The number of β-amino-alcohol motifs (C(OH)–C–C–N with tert-alkyl or cyclic N) is 1. The lowest BCUT2D eigenvalue weighted by atomic mass is 9.87. The number of alkyl halides is 2. The van der Waals surface area contributed by atoms with Crippen LogP contribution in [-0.4, -0.2) is 68.3 Å². The van der Waals surface area contributed by atoms with Crippen molar-refractivity contribution >= 4 is 22.6 Å². The highest BCUT2D eigenvalue weighted by molar-refractivity contribution is 5.91. The van der Waals surface area contributed by atoms with Gasteiger partial charge in [0.25, 0.3) is 6.43 Å². The summed E-state index contributed by atoms with van der Waals surface area (Å²) in [5.74, 6) is -0.942. The van der Waals surface area contributed by atoms with E-state index in [4.69, 9.17) is 0 Å². The Labute approximate surface area is 218 Å². The summed E-state index contributed by atoms with van der Waals surface area (Å²) in [6.45, 7) is 3.21. The zero-order valence-electron chi connectivity index (χ0n) is 20.9. The number of anilines is 1. The third kappa shape index (κ3) is 5.00. The predicted octanol–water partition coefficient (Wildman–Crippen LogP) is 4.35. The van der Waals surface area contributed by atoms with Gasteiger partial charge in [-0.3, -0.25) is 9.97 Å². The van der Waals surface area contributed by atoms with Gasteiger partial charge in [-0.1, -0.05) is 18.2 Å². The molecule has 202 valence electrons. The average molecular weight is 530 g/mol. The van der Waals surface area contributed by atoms with E-state index < -0.39 is 35.6 Å². The fraction of sp³-hybridized carbons (Fsp3) is 0.444. The molecule has 2 atom stereocenters. The molecule has 0 radical (unpaired) electrons. The molecule has 2 fully saturated rings. The van der Waals surface area contributed by atoms with Crippen molar-refractivity contribution in [1.82, 2.24) is 19.8 Å². The maximum atomic E-state index is 14.7. The number of likely N-dealkylation sites (tertiary alicyclic amines) is 2. The van der Waals surface area contributed by atoms with Crippen molar-refractivity contribution in [2.24, 2.45) is 0 Å². The summed E-state index contributed by atoms with van der Waals surface area (Å²) in [6.07, 6.45) is 0.862. The number of piperidine rings is 1. The summed E-state index contributed by atoms with van der Waals surface area (Å²) in [5, 5.41) is 25.0. The zero-order valence-corrected chi connectivity index (χ0v) is 20.9. The SMILES string of the molecule is C[C@@H](Nc1ccnc2cnc(C3(O)CCN(C(=O)N4CC[C@@H](O)C4)CC3)cc12)c1cccc(C(F)F)c1F. The highest BCUT2D eigenvalue weighted by Crippen LogP contribution is 2.36. The number of hydrogen-bond donors (Lipinski definition) is 3. The number of aliphatic hydroxyl groups excluding tert-OH is 1. The average Bonchev–Trinajstić information content (AvgIpc) is 3.34. The van der Waals surface area contributed by atoms with E-state index in [9.17, 15) is 28.2 Å². The first kappa shape index (κ1) is 26.2. The number of aromatic nitrogens is 2. The highest BCUT2D eigenvalue weighted by Gasteiger charge is 2.39. The molecule has 2 saturated heterocycles. The monoisotopic (exact) mass is 529 g/mol.